The number of pyridine rings is 1. The van der Waals surface area contributed by atoms with Gasteiger partial charge in [0.1, 0.15) is 11.4 Å². The average molecular weight is 417 g/mol. The van der Waals surface area contributed by atoms with Gasteiger partial charge < -0.3 is 25.0 Å². The maximum atomic E-state index is 11.9. The lowest BCUT2D eigenvalue weighted by Crippen LogP contribution is -2.59. The number of nitrogens with zero attached hydrogens (tertiary/aromatic N) is 2. The van der Waals surface area contributed by atoms with Crippen molar-refractivity contribution in [2.24, 2.45) is 5.41 Å². The molecule has 3 fully saturated rings. The van der Waals surface area contributed by atoms with Gasteiger partial charge in [-0.05, 0) is 77.3 Å². The van der Waals surface area contributed by atoms with Crippen LogP contribution < -0.4 is 15.5 Å². The lowest BCUT2D eigenvalue weighted by molar-refractivity contribution is -0.0178. The number of hydrogen-bond donors (Lipinski definition) is 2. The molecule has 4 rings (SSSR count). The zero-order valence-corrected chi connectivity index (χ0v) is 18.8. The summed E-state index contributed by atoms with van der Waals surface area (Å²) in [6, 6.07) is 5.04. The maximum Gasteiger partial charge on any atom is 0.407 e. The van der Waals surface area contributed by atoms with Crippen molar-refractivity contribution in [1.82, 2.24) is 10.3 Å². The summed E-state index contributed by atoms with van der Waals surface area (Å²) in [5.74, 6) is 1.05. The molecule has 3 aliphatic rings. The van der Waals surface area contributed by atoms with Gasteiger partial charge in [0.2, 0.25) is 0 Å². The molecule has 0 radical (unpaired) electrons. The minimum Gasteiger partial charge on any atom is -0.444 e. The van der Waals surface area contributed by atoms with Gasteiger partial charge in [-0.2, -0.15) is 0 Å². The molecule has 0 atom stereocenters. The summed E-state index contributed by atoms with van der Waals surface area (Å²) in [7, 11) is 0. The Kier molecular flexibility index (Phi) is 5.84. The van der Waals surface area contributed by atoms with Crippen LogP contribution in [0.15, 0.2) is 12.1 Å². The van der Waals surface area contributed by atoms with Crippen LogP contribution in [0.3, 0.4) is 0 Å². The Balaban J connectivity index is 1.22. The zero-order chi connectivity index (χ0) is 21.4. The second-order valence-corrected chi connectivity index (χ2v) is 10.3. The molecule has 1 aliphatic heterocycles. The molecule has 30 heavy (non-hydrogen) atoms. The van der Waals surface area contributed by atoms with Crippen molar-refractivity contribution < 1.29 is 14.3 Å². The highest BCUT2D eigenvalue weighted by atomic mass is 16.6. The first-order chi connectivity index (χ1) is 14.2. The van der Waals surface area contributed by atoms with E-state index in [1.165, 1.54) is 0 Å². The molecule has 1 spiro atoms. The Morgan fingerprint density at radius 3 is 2.60 bits per heavy atom. The first-order valence-corrected chi connectivity index (χ1v) is 11.3. The number of aryl methyl sites for hydroxylation is 1. The number of aromatic nitrogens is 1. The molecule has 0 bridgehead atoms. The van der Waals surface area contributed by atoms with E-state index in [9.17, 15) is 4.79 Å². The molecule has 166 valence electrons. The lowest BCUT2D eigenvalue weighted by Gasteiger charge is -2.58. The van der Waals surface area contributed by atoms with Gasteiger partial charge >= 0.3 is 6.09 Å². The normalized spacial score (nSPS) is 28.9. The van der Waals surface area contributed by atoms with E-state index in [4.69, 9.17) is 14.5 Å². The molecular weight excluding hydrogens is 380 g/mol. The van der Waals surface area contributed by atoms with Crippen LogP contribution in [0, 0.1) is 12.3 Å². The molecule has 2 heterocycles. The van der Waals surface area contributed by atoms with Crippen LogP contribution in [-0.4, -0.2) is 55.1 Å². The van der Waals surface area contributed by atoms with Crippen molar-refractivity contribution in [2.45, 2.75) is 77.5 Å². The smallest absolute Gasteiger partial charge is 0.407 e. The molecule has 0 aromatic carbocycles. The number of ether oxygens (including phenoxy) is 2. The monoisotopic (exact) mass is 416 g/mol. The van der Waals surface area contributed by atoms with Gasteiger partial charge in [-0.25, -0.2) is 9.78 Å². The Bertz CT molecular complexity index is 754. The fraction of sp³-hybridized carbons (Fsp3) is 0.739. The number of carbonyl (C=O) groups excluding carboxylic acids is 1. The van der Waals surface area contributed by atoms with E-state index < -0.39 is 5.60 Å². The third-order valence-electron chi connectivity index (χ3n) is 6.42. The number of amides is 1. The first-order valence-electron chi connectivity index (χ1n) is 11.3. The standard InChI is InChI=1S/C23H36N4O3/c1-16-19(6-7-20(24-16)27-8-5-10-29-11-9-27)25-17-12-23(13-17)14-18(15-23)26-21(28)30-22(2,3)4/h6-7,17-18,25H,5,8-15H2,1-4H3,(H,26,28). The van der Waals surface area contributed by atoms with Crippen molar-refractivity contribution >= 4 is 17.6 Å². The van der Waals surface area contributed by atoms with E-state index in [-0.39, 0.29) is 12.1 Å². The summed E-state index contributed by atoms with van der Waals surface area (Å²) < 4.78 is 10.9. The summed E-state index contributed by atoms with van der Waals surface area (Å²) in [6.45, 7) is 11.3. The van der Waals surface area contributed by atoms with Gasteiger partial charge in [0.05, 0.1) is 18.0 Å². The molecular formula is C23H36N4O3. The quantitative estimate of drug-likeness (QED) is 0.776. The molecule has 2 aliphatic carbocycles. The van der Waals surface area contributed by atoms with E-state index in [0.29, 0.717) is 11.5 Å². The molecule has 1 saturated heterocycles. The molecule has 2 saturated carbocycles. The van der Waals surface area contributed by atoms with E-state index in [1.54, 1.807) is 0 Å². The van der Waals surface area contributed by atoms with Crippen molar-refractivity contribution in [3.05, 3.63) is 17.8 Å². The number of nitrogens with one attached hydrogen (secondary N) is 2. The highest BCUT2D eigenvalue weighted by Gasteiger charge is 2.53. The van der Waals surface area contributed by atoms with E-state index in [0.717, 1.165) is 75.6 Å². The Morgan fingerprint density at radius 2 is 1.90 bits per heavy atom. The third-order valence-corrected chi connectivity index (χ3v) is 6.42. The number of carbonyl (C=O) groups is 1. The molecule has 1 amide bonds. The van der Waals surface area contributed by atoms with Crippen LogP contribution in [0.2, 0.25) is 0 Å². The second kappa shape index (κ2) is 8.25. The minimum atomic E-state index is -0.445. The SMILES string of the molecule is Cc1nc(N2CCCOCC2)ccc1NC1CC2(CC(NC(=O)OC(C)(C)C)C2)C1. The summed E-state index contributed by atoms with van der Waals surface area (Å²) in [5.41, 5.74) is 2.13. The summed E-state index contributed by atoms with van der Waals surface area (Å²) in [5, 5.41) is 6.69. The second-order valence-electron chi connectivity index (χ2n) is 10.3. The van der Waals surface area contributed by atoms with E-state index in [1.807, 2.05) is 20.8 Å². The number of anilines is 2. The number of alkyl carbamates (subject to hydrolysis) is 1. The highest BCUT2D eigenvalue weighted by molar-refractivity contribution is 5.68. The largest absolute Gasteiger partial charge is 0.444 e. The van der Waals surface area contributed by atoms with Crippen LogP contribution in [0.25, 0.3) is 0 Å². The summed E-state index contributed by atoms with van der Waals surface area (Å²) >= 11 is 0. The predicted molar refractivity (Wildman–Crippen MR) is 118 cm³/mol. The van der Waals surface area contributed by atoms with Crippen LogP contribution in [0.1, 0.15) is 58.6 Å². The number of rotatable bonds is 4. The van der Waals surface area contributed by atoms with Gasteiger partial charge in [-0.1, -0.05) is 0 Å². The molecule has 7 nitrogen and oxygen atoms in total. The van der Waals surface area contributed by atoms with E-state index in [2.05, 4.69) is 34.6 Å². The average Bonchev–Trinajstić information content (AvgIpc) is 2.87. The fourth-order valence-electron chi connectivity index (χ4n) is 5.05. The van der Waals surface area contributed by atoms with Gasteiger partial charge in [-0.15, -0.1) is 0 Å². The fourth-order valence-corrected chi connectivity index (χ4v) is 5.05. The van der Waals surface area contributed by atoms with Gasteiger partial charge in [-0.3, -0.25) is 0 Å². The van der Waals surface area contributed by atoms with Crippen LogP contribution in [0.5, 0.6) is 0 Å². The van der Waals surface area contributed by atoms with Gasteiger partial charge in [0.15, 0.2) is 0 Å². The van der Waals surface area contributed by atoms with Crippen molar-refractivity contribution in [3.63, 3.8) is 0 Å². The molecule has 1 aromatic heterocycles. The van der Waals surface area contributed by atoms with Crippen LogP contribution in [0.4, 0.5) is 16.3 Å². The lowest BCUT2D eigenvalue weighted by atomic mass is 9.52. The summed E-state index contributed by atoms with van der Waals surface area (Å²) in [6.07, 6.45) is 5.17. The third kappa shape index (κ3) is 4.99. The number of hydrogen-bond acceptors (Lipinski definition) is 6. The topological polar surface area (TPSA) is 75.7 Å². The Labute approximate surface area is 179 Å². The maximum absolute atomic E-state index is 11.9. The van der Waals surface area contributed by atoms with Crippen LogP contribution >= 0.6 is 0 Å². The van der Waals surface area contributed by atoms with Crippen LogP contribution in [-0.2, 0) is 9.47 Å². The van der Waals surface area contributed by atoms with Gasteiger partial charge in [0, 0.05) is 31.8 Å². The Morgan fingerprint density at radius 1 is 1.17 bits per heavy atom. The van der Waals surface area contributed by atoms with Crippen molar-refractivity contribution in [2.75, 3.05) is 36.5 Å². The zero-order valence-electron chi connectivity index (χ0n) is 18.8. The molecule has 2 N–H and O–H groups in total. The summed E-state index contributed by atoms with van der Waals surface area (Å²) in [4.78, 5) is 19.1. The predicted octanol–water partition coefficient (Wildman–Crippen LogP) is 3.86. The minimum absolute atomic E-state index is 0.251. The first kappa shape index (κ1) is 21.2. The van der Waals surface area contributed by atoms with E-state index >= 15 is 0 Å². The molecule has 1 aromatic rings. The molecule has 7 heteroatoms. The van der Waals surface area contributed by atoms with Crippen molar-refractivity contribution in [1.29, 1.82) is 0 Å². The Hall–Kier alpha value is -2.02. The van der Waals surface area contributed by atoms with Gasteiger partial charge in [0.25, 0.3) is 0 Å². The molecule has 0 unspecified atom stereocenters. The highest BCUT2D eigenvalue weighted by Crippen LogP contribution is 2.56. The van der Waals surface area contributed by atoms with Crippen molar-refractivity contribution in [3.8, 4) is 0 Å².